The number of nitriles is 1. The summed E-state index contributed by atoms with van der Waals surface area (Å²) < 4.78 is 0. The second-order valence-electron chi connectivity index (χ2n) is 4.16. The molecule has 0 fully saturated rings. The lowest BCUT2D eigenvalue weighted by molar-refractivity contribution is -0.117. The Morgan fingerprint density at radius 2 is 2.00 bits per heavy atom. The summed E-state index contributed by atoms with van der Waals surface area (Å²) in [5, 5.41) is 14.9. The van der Waals surface area contributed by atoms with Gasteiger partial charge in [0.25, 0.3) is 5.91 Å². The van der Waals surface area contributed by atoms with Crippen LogP contribution >= 0.6 is 11.6 Å². The number of carbonyl (C=O) groups is 1. The molecule has 0 radical (unpaired) electrons. The molecule has 110 valence electrons. The molecule has 0 aliphatic heterocycles. The fourth-order valence-corrected chi connectivity index (χ4v) is 1.77. The van der Waals surface area contributed by atoms with E-state index >= 15 is 0 Å². The van der Waals surface area contributed by atoms with Crippen molar-refractivity contribution in [1.29, 1.82) is 5.26 Å². The standard InChI is InChI=1S/C15H12ClN5O/c16-13-5-2-1-4-11(13)9-20-14(22)12(8-17)10-21-15-18-6-3-7-19-15/h1-7,10H,9H2,(H,20,22)(H,18,19,21)/b12-10-. The van der Waals surface area contributed by atoms with E-state index in [1.165, 1.54) is 6.20 Å². The summed E-state index contributed by atoms with van der Waals surface area (Å²) in [7, 11) is 0. The van der Waals surface area contributed by atoms with Gasteiger partial charge in [0, 0.05) is 30.2 Å². The van der Waals surface area contributed by atoms with E-state index in [2.05, 4.69) is 20.6 Å². The smallest absolute Gasteiger partial charge is 0.263 e. The number of nitrogens with zero attached hydrogens (tertiary/aromatic N) is 3. The first-order valence-corrected chi connectivity index (χ1v) is 6.74. The zero-order valence-electron chi connectivity index (χ0n) is 11.5. The SMILES string of the molecule is N#C/C(=C/Nc1ncccn1)C(=O)NCc1ccccc1Cl. The zero-order valence-corrected chi connectivity index (χ0v) is 12.2. The normalized spacial score (nSPS) is 10.6. The Bertz CT molecular complexity index is 724. The molecule has 0 unspecified atom stereocenters. The van der Waals surface area contributed by atoms with Gasteiger partial charge in [0.05, 0.1) is 0 Å². The van der Waals surface area contributed by atoms with Gasteiger partial charge in [-0.1, -0.05) is 29.8 Å². The topological polar surface area (TPSA) is 90.7 Å². The van der Waals surface area contributed by atoms with Crippen LogP contribution in [0.15, 0.2) is 54.5 Å². The van der Waals surface area contributed by atoms with E-state index in [1.807, 2.05) is 12.1 Å². The van der Waals surface area contributed by atoms with E-state index in [4.69, 9.17) is 16.9 Å². The van der Waals surface area contributed by atoms with Gasteiger partial charge in [-0.25, -0.2) is 9.97 Å². The average Bonchev–Trinajstić information content (AvgIpc) is 2.55. The zero-order chi connectivity index (χ0) is 15.8. The van der Waals surface area contributed by atoms with Crippen molar-refractivity contribution in [3.63, 3.8) is 0 Å². The summed E-state index contributed by atoms with van der Waals surface area (Å²) in [5.41, 5.74) is 0.689. The molecule has 0 bridgehead atoms. The van der Waals surface area contributed by atoms with Gasteiger partial charge in [-0.15, -0.1) is 0 Å². The van der Waals surface area contributed by atoms with Crippen molar-refractivity contribution in [2.24, 2.45) is 0 Å². The number of aromatic nitrogens is 2. The highest BCUT2D eigenvalue weighted by atomic mass is 35.5. The second-order valence-corrected chi connectivity index (χ2v) is 4.57. The van der Waals surface area contributed by atoms with Crippen LogP contribution in [0.1, 0.15) is 5.56 Å². The van der Waals surface area contributed by atoms with Gasteiger partial charge < -0.3 is 10.6 Å². The first-order chi connectivity index (χ1) is 10.7. The van der Waals surface area contributed by atoms with Crippen LogP contribution in [0.2, 0.25) is 5.02 Å². The number of hydrogen-bond acceptors (Lipinski definition) is 5. The first-order valence-electron chi connectivity index (χ1n) is 6.36. The molecule has 0 atom stereocenters. The molecule has 0 saturated heterocycles. The molecule has 1 aromatic heterocycles. The van der Waals surface area contributed by atoms with Crippen molar-refractivity contribution in [2.45, 2.75) is 6.54 Å². The molecule has 0 aliphatic carbocycles. The van der Waals surface area contributed by atoms with E-state index in [0.29, 0.717) is 11.0 Å². The summed E-state index contributed by atoms with van der Waals surface area (Å²) in [6, 6.07) is 10.6. The monoisotopic (exact) mass is 313 g/mol. The van der Waals surface area contributed by atoms with Crippen LogP contribution in [0.4, 0.5) is 5.95 Å². The molecular weight excluding hydrogens is 302 g/mol. The first kappa shape index (κ1) is 15.5. The quantitative estimate of drug-likeness (QED) is 0.652. The molecule has 1 heterocycles. The molecule has 2 N–H and O–H groups in total. The van der Waals surface area contributed by atoms with Crippen LogP contribution in [0.3, 0.4) is 0 Å². The van der Waals surface area contributed by atoms with E-state index < -0.39 is 5.91 Å². The lowest BCUT2D eigenvalue weighted by Gasteiger charge is -2.06. The fraction of sp³-hybridized carbons (Fsp3) is 0.0667. The molecule has 0 spiro atoms. The van der Waals surface area contributed by atoms with E-state index in [-0.39, 0.29) is 12.1 Å². The summed E-state index contributed by atoms with van der Waals surface area (Å²) in [6.45, 7) is 0.235. The average molecular weight is 314 g/mol. The second kappa shape index (κ2) is 7.76. The third kappa shape index (κ3) is 4.30. The molecule has 2 rings (SSSR count). The van der Waals surface area contributed by atoms with E-state index in [0.717, 1.165) is 5.56 Å². The van der Waals surface area contributed by atoms with Crippen LogP contribution in [0, 0.1) is 11.3 Å². The van der Waals surface area contributed by atoms with Crippen molar-refractivity contribution in [1.82, 2.24) is 15.3 Å². The highest BCUT2D eigenvalue weighted by molar-refractivity contribution is 6.31. The predicted molar refractivity (Wildman–Crippen MR) is 82.6 cm³/mol. The maximum atomic E-state index is 12.0. The van der Waals surface area contributed by atoms with Crippen molar-refractivity contribution < 1.29 is 4.79 Å². The van der Waals surface area contributed by atoms with Gasteiger partial charge in [-0.2, -0.15) is 5.26 Å². The molecule has 22 heavy (non-hydrogen) atoms. The third-order valence-electron chi connectivity index (χ3n) is 2.67. The predicted octanol–water partition coefficient (Wildman–Crippen LogP) is 2.27. The van der Waals surface area contributed by atoms with Gasteiger partial charge in [-0.3, -0.25) is 4.79 Å². The highest BCUT2D eigenvalue weighted by Gasteiger charge is 2.09. The fourth-order valence-electron chi connectivity index (χ4n) is 1.57. The minimum atomic E-state index is -0.508. The van der Waals surface area contributed by atoms with Crippen LogP contribution in [0.25, 0.3) is 0 Å². The Morgan fingerprint density at radius 1 is 1.27 bits per heavy atom. The van der Waals surface area contributed by atoms with Gasteiger partial charge >= 0.3 is 0 Å². The molecule has 2 aromatic rings. The molecule has 6 nitrogen and oxygen atoms in total. The lowest BCUT2D eigenvalue weighted by atomic mass is 10.2. The maximum Gasteiger partial charge on any atom is 0.263 e. The Kier molecular flexibility index (Phi) is 5.46. The van der Waals surface area contributed by atoms with Crippen LogP contribution in [-0.2, 0) is 11.3 Å². The number of amides is 1. The molecule has 0 aliphatic rings. The van der Waals surface area contributed by atoms with Crippen LogP contribution < -0.4 is 10.6 Å². The number of halogens is 1. The van der Waals surface area contributed by atoms with Crippen LogP contribution in [-0.4, -0.2) is 15.9 Å². The molecule has 1 amide bonds. The van der Waals surface area contributed by atoms with Gasteiger partial charge in [-0.05, 0) is 17.7 Å². The Hall–Kier alpha value is -2.91. The van der Waals surface area contributed by atoms with E-state index in [9.17, 15) is 4.79 Å². The number of rotatable bonds is 5. The number of nitrogens with one attached hydrogen (secondary N) is 2. The van der Waals surface area contributed by atoms with Crippen molar-refractivity contribution in [3.8, 4) is 6.07 Å². The third-order valence-corrected chi connectivity index (χ3v) is 3.04. The minimum absolute atomic E-state index is 0.0838. The van der Waals surface area contributed by atoms with Crippen LogP contribution in [0.5, 0.6) is 0 Å². The molecule has 0 saturated carbocycles. The lowest BCUT2D eigenvalue weighted by Crippen LogP contribution is -2.24. The van der Waals surface area contributed by atoms with Crippen molar-refractivity contribution >= 4 is 23.5 Å². The van der Waals surface area contributed by atoms with Crippen molar-refractivity contribution in [3.05, 3.63) is 65.1 Å². The highest BCUT2D eigenvalue weighted by Crippen LogP contribution is 2.14. The Balaban J connectivity index is 1.97. The Morgan fingerprint density at radius 3 is 2.68 bits per heavy atom. The number of hydrogen-bond donors (Lipinski definition) is 2. The Labute approximate surface area is 132 Å². The number of carbonyl (C=O) groups excluding carboxylic acids is 1. The van der Waals surface area contributed by atoms with E-state index in [1.54, 1.807) is 36.7 Å². The molecule has 7 heteroatoms. The van der Waals surface area contributed by atoms with Gasteiger partial charge in [0.15, 0.2) is 0 Å². The van der Waals surface area contributed by atoms with Gasteiger partial charge in [0.1, 0.15) is 11.6 Å². The summed E-state index contributed by atoms with van der Waals surface area (Å²) in [4.78, 5) is 19.8. The summed E-state index contributed by atoms with van der Waals surface area (Å²) >= 11 is 6.00. The van der Waals surface area contributed by atoms with Gasteiger partial charge in [0.2, 0.25) is 5.95 Å². The molecular formula is C15H12ClN5O. The number of anilines is 1. The number of benzene rings is 1. The van der Waals surface area contributed by atoms with Crippen molar-refractivity contribution in [2.75, 3.05) is 5.32 Å². The minimum Gasteiger partial charge on any atom is -0.347 e. The maximum absolute atomic E-state index is 12.0. The molecule has 1 aromatic carbocycles. The summed E-state index contributed by atoms with van der Waals surface area (Å²) in [6.07, 6.45) is 4.36. The largest absolute Gasteiger partial charge is 0.347 e. The summed E-state index contributed by atoms with van der Waals surface area (Å²) in [5.74, 6) is -0.208.